The Morgan fingerprint density at radius 1 is 1.30 bits per heavy atom. The van der Waals surface area contributed by atoms with Crippen molar-refractivity contribution in [3.8, 4) is 11.4 Å². The zero-order valence-corrected chi connectivity index (χ0v) is 14.2. The molecule has 2 heterocycles. The predicted molar refractivity (Wildman–Crippen MR) is 92.5 cm³/mol. The Labute approximate surface area is 140 Å². The highest BCUT2D eigenvalue weighted by Crippen LogP contribution is 2.18. The van der Waals surface area contributed by atoms with E-state index in [0.717, 1.165) is 56.1 Å². The number of likely N-dealkylation sites (tertiary alicyclic amines) is 1. The minimum atomic E-state index is -0.109. The summed E-state index contributed by atoms with van der Waals surface area (Å²) in [6.07, 6.45) is 2.30. The van der Waals surface area contributed by atoms with Gasteiger partial charge in [0.1, 0.15) is 0 Å². The summed E-state index contributed by atoms with van der Waals surface area (Å²) in [5.41, 5.74) is 0.940. The molecule has 0 unspecified atom stereocenters. The minimum Gasteiger partial charge on any atom is -0.350 e. The molecule has 0 bridgehead atoms. The summed E-state index contributed by atoms with van der Waals surface area (Å²) in [7, 11) is 0. The summed E-state index contributed by atoms with van der Waals surface area (Å²) in [5, 5.41) is 3.46. The quantitative estimate of drug-likeness (QED) is 0.916. The van der Waals surface area contributed by atoms with E-state index in [2.05, 4.69) is 26.5 Å². The van der Waals surface area contributed by atoms with E-state index in [1.54, 1.807) is 0 Å². The second-order valence-corrected chi connectivity index (χ2v) is 6.63. The summed E-state index contributed by atoms with van der Waals surface area (Å²) in [4.78, 5) is 19.0. The molecule has 1 aromatic heterocycles. The summed E-state index contributed by atoms with van der Waals surface area (Å²) < 4.78 is 4.29. The summed E-state index contributed by atoms with van der Waals surface area (Å²) in [6, 6.07) is 9.74. The lowest BCUT2D eigenvalue weighted by molar-refractivity contribution is 0.0936. The van der Waals surface area contributed by atoms with Crippen LogP contribution in [0.15, 0.2) is 30.3 Å². The molecule has 1 amide bonds. The van der Waals surface area contributed by atoms with E-state index < -0.39 is 0 Å². The number of carbonyl (C=O) groups is 1. The Morgan fingerprint density at radius 3 is 2.74 bits per heavy atom. The zero-order valence-electron chi connectivity index (χ0n) is 13.4. The monoisotopic (exact) mass is 330 g/mol. The van der Waals surface area contributed by atoms with Gasteiger partial charge >= 0.3 is 0 Å². The normalized spacial score (nSPS) is 16.4. The fraction of sp³-hybridized carbons (Fsp3) is 0.471. The number of hydrogen-bond donors (Lipinski definition) is 1. The molecule has 0 atom stereocenters. The number of nitrogens with zero attached hydrogens (tertiary/aromatic N) is 3. The van der Waals surface area contributed by atoms with Crippen molar-refractivity contribution in [1.82, 2.24) is 19.6 Å². The van der Waals surface area contributed by atoms with Gasteiger partial charge in [-0.1, -0.05) is 37.3 Å². The Hall–Kier alpha value is -1.79. The van der Waals surface area contributed by atoms with Crippen molar-refractivity contribution in [2.75, 3.05) is 26.2 Å². The number of nitrogens with one attached hydrogen (secondary N) is 1. The molecular formula is C17H22N4OS. The number of rotatable bonds is 5. The van der Waals surface area contributed by atoms with Crippen molar-refractivity contribution in [2.24, 2.45) is 5.92 Å². The van der Waals surface area contributed by atoms with E-state index >= 15 is 0 Å². The maximum Gasteiger partial charge on any atom is 0.281 e. The molecule has 1 aliphatic rings. The lowest BCUT2D eigenvalue weighted by Gasteiger charge is -2.30. The molecule has 23 heavy (non-hydrogen) atoms. The van der Waals surface area contributed by atoms with Crippen LogP contribution in [0.3, 0.4) is 0 Å². The number of carbonyl (C=O) groups excluding carboxylic acids is 1. The molecule has 0 spiro atoms. The Balaban J connectivity index is 1.52. The lowest BCUT2D eigenvalue weighted by atomic mass is 9.97. The lowest BCUT2D eigenvalue weighted by Crippen LogP contribution is -2.38. The molecule has 1 fully saturated rings. The van der Waals surface area contributed by atoms with Crippen LogP contribution < -0.4 is 5.32 Å². The van der Waals surface area contributed by atoms with Crippen LogP contribution in [0.2, 0.25) is 0 Å². The molecule has 1 saturated heterocycles. The van der Waals surface area contributed by atoms with Crippen molar-refractivity contribution in [1.29, 1.82) is 0 Å². The van der Waals surface area contributed by atoms with Gasteiger partial charge in [0.15, 0.2) is 5.82 Å². The first kappa shape index (κ1) is 16.1. The Bertz CT molecular complexity index is 635. The van der Waals surface area contributed by atoms with Crippen molar-refractivity contribution in [3.63, 3.8) is 0 Å². The predicted octanol–water partition coefficient (Wildman–Crippen LogP) is 2.67. The number of amides is 1. The SMILES string of the molecule is CCN1CCC(CNC(=O)c2nc(-c3ccccc3)ns2)CC1. The van der Waals surface area contributed by atoms with Gasteiger partial charge in [-0.15, -0.1) is 0 Å². The third-order valence-corrected chi connectivity index (χ3v) is 5.07. The highest BCUT2D eigenvalue weighted by Gasteiger charge is 2.20. The minimum absolute atomic E-state index is 0.109. The van der Waals surface area contributed by atoms with Crippen molar-refractivity contribution in [2.45, 2.75) is 19.8 Å². The smallest absolute Gasteiger partial charge is 0.281 e. The van der Waals surface area contributed by atoms with Gasteiger partial charge in [0.25, 0.3) is 5.91 Å². The molecule has 1 aromatic carbocycles. The Kier molecular flexibility index (Phi) is 5.35. The molecule has 0 saturated carbocycles. The molecule has 1 N–H and O–H groups in total. The zero-order chi connectivity index (χ0) is 16.1. The fourth-order valence-electron chi connectivity index (χ4n) is 2.84. The van der Waals surface area contributed by atoms with Crippen LogP contribution >= 0.6 is 11.5 Å². The van der Waals surface area contributed by atoms with Crippen LogP contribution in [0.4, 0.5) is 0 Å². The van der Waals surface area contributed by atoms with E-state index in [-0.39, 0.29) is 5.91 Å². The fourth-order valence-corrected chi connectivity index (χ4v) is 3.44. The molecule has 122 valence electrons. The standard InChI is InChI=1S/C17H22N4OS/c1-2-21-10-8-13(9-11-21)12-18-16(22)17-19-15(20-23-17)14-6-4-3-5-7-14/h3-7,13H,2,8-12H2,1H3,(H,18,22). The van der Waals surface area contributed by atoms with Crippen molar-refractivity contribution in [3.05, 3.63) is 35.3 Å². The number of hydrogen-bond acceptors (Lipinski definition) is 5. The first-order chi connectivity index (χ1) is 11.3. The molecule has 0 aliphatic carbocycles. The molecule has 0 radical (unpaired) electrons. The van der Waals surface area contributed by atoms with Crippen molar-refractivity contribution >= 4 is 17.4 Å². The number of benzene rings is 1. The molecule has 2 aromatic rings. The molecule has 1 aliphatic heterocycles. The van der Waals surface area contributed by atoms with Gasteiger partial charge in [0, 0.05) is 12.1 Å². The van der Waals surface area contributed by atoms with Gasteiger partial charge in [-0.2, -0.15) is 4.37 Å². The van der Waals surface area contributed by atoms with E-state index in [1.807, 2.05) is 30.3 Å². The van der Waals surface area contributed by atoms with Gasteiger partial charge < -0.3 is 10.2 Å². The van der Waals surface area contributed by atoms with Crippen LogP contribution in [0.5, 0.6) is 0 Å². The second kappa shape index (κ2) is 7.66. The van der Waals surface area contributed by atoms with Gasteiger partial charge in [-0.25, -0.2) is 4.98 Å². The van der Waals surface area contributed by atoms with Gasteiger partial charge in [0.05, 0.1) is 0 Å². The average Bonchev–Trinajstić information content (AvgIpc) is 3.11. The third-order valence-electron chi connectivity index (χ3n) is 4.36. The largest absolute Gasteiger partial charge is 0.350 e. The molecular weight excluding hydrogens is 308 g/mol. The van der Waals surface area contributed by atoms with Crippen molar-refractivity contribution < 1.29 is 4.79 Å². The highest BCUT2D eigenvalue weighted by molar-refractivity contribution is 7.07. The van der Waals surface area contributed by atoms with Gasteiger partial charge in [0.2, 0.25) is 5.01 Å². The average molecular weight is 330 g/mol. The summed E-state index contributed by atoms with van der Waals surface area (Å²) >= 11 is 1.16. The van der Waals surface area contributed by atoms with E-state index in [4.69, 9.17) is 0 Å². The topological polar surface area (TPSA) is 58.1 Å². The molecule has 5 nitrogen and oxygen atoms in total. The van der Waals surface area contributed by atoms with Crippen LogP contribution in [0, 0.1) is 5.92 Å². The van der Waals surface area contributed by atoms with Crippen LogP contribution in [-0.2, 0) is 0 Å². The first-order valence-corrected chi connectivity index (χ1v) is 8.93. The number of aromatic nitrogens is 2. The first-order valence-electron chi connectivity index (χ1n) is 8.16. The second-order valence-electron chi connectivity index (χ2n) is 5.88. The summed E-state index contributed by atoms with van der Waals surface area (Å²) in [6.45, 7) is 6.31. The molecule has 6 heteroatoms. The van der Waals surface area contributed by atoms with E-state index in [1.165, 1.54) is 0 Å². The van der Waals surface area contributed by atoms with Crippen LogP contribution in [-0.4, -0.2) is 46.3 Å². The van der Waals surface area contributed by atoms with E-state index in [9.17, 15) is 4.79 Å². The third kappa shape index (κ3) is 4.14. The summed E-state index contributed by atoms with van der Waals surface area (Å²) in [5.74, 6) is 1.09. The van der Waals surface area contributed by atoms with Crippen LogP contribution in [0.1, 0.15) is 29.6 Å². The van der Waals surface area contributed by atoms with Crippen LogP contribution in [0.25, 0.3) is 11.4 Å². The maximum atomic E-state index is 12.2. The molecule has 3 rings (SSSR count). The Morgan fingerprint density at radius 2 is 2.04 bits per heavy atom. The maximum absolute atomic E-state index is 12.2. The van der Waals surface area contributed by atoms with Gasteiger partial charge in [-0.05, 0) is 49.9 Å². The highest BCUT2D eigenvalue weighted by atomic mass is 32.1. The van der Waals surface area contributed by atoms with E-state index in [0.29, 0.717) is 16.7 Å². The number of piperidine rings is 1. The van der Waals surface area contributed by atoms with Gasteiger partial charge in [-0.3, -0.25) is 4.79 Å².